The van der Waals surface area contributed by atoms with Gasteiger partial charge in [0.25, 0.3) is 5.91 Å². The van der Waals surface area contributed by atoms with Crippen molar-refractivity contribution in [2.24, 2.45) is 5.92 Å². The van der Waals surface area contributed by atoms with E-state index in [0.29, 0.717) is 30.1 Å². The number of rotatable bonds is 13. The second kappa shape index (κ2) is 11.5. The minimum Gasteiger partial charge on any atom is -0.493 e. The van der Waals surface area contributed by atoms with Gasteiger partial charge in [-0.05, 0) is 68.4 Å². The van der Waals surface area contributed by atoms with E-state index in [1.807, 2.05) is 30.3 Å². The van der Waals surface area contributed by atoms with Crippen LogP contribution in [0, 0.1) is 5.92 Å². The van der Waals surface area contributed by atoms with Gasteiger partial charge in [0.15, 0.2) is 0 Å². The number of nitrogens with zero attached hydrogens (tertiary/aromatic N) is 1. The molecule has 6 heteroatoms. The highest BCUT2D eigenvalue weighted by Crippen LogP contribution is 2.32. The Morgan fingerprint density at radius 2 is 1.82 bits per heavy atom. The predicted molar refractivity (Wildman–Crippen MR) is 130 cm³/mol. The summed E-state index contributed by atoms with van der Waals surface area (Å²) in [7, 11) is 0. The first-order valence-corrected chi connectivity index (χ1v) is 11.7. The molecule has 6 nitrogen and oxygen atoms in total. The Balaban J connectivity index is 1.49. The second-order valence-electron chi connectivity index (χ2n) is 8.51. The topological polar surface area (TPSA) is 80.0 Å². The van der Waals surface area contributed by atoms with Crippen molar-refractivity contribution in [1.29, 1.82) is 0 Å². The number of ether oxygens (including phenoxy) is 1. The molecule has 0 unspecified atom stereocenters. The van der Waals surface area contributed by atoms with Crippen LogP contribution in [-0.4, -0.2) is 35.0 Å². The quantitative estimate of drug-likeness (QED) is 0.313. The molecule has 0 bridgehead atoms. The summed E-state index contributed by atoms with van der Waals surface area (Å²) in [5, 5.41) is 8.76. The van der Waals surface area contributed by atoms with E-state index in [0.717, 1.165) is 36.8 Å². The summed E-state index contributed by atoms with van der Waals surface area (Å²) >= 11 is 0. The molecule has 3 aromatic rings. The van der Waals surface area contributed by atoms with E-state index in [1.54, 1.807) is 36.6 Å². The van der Waals surface area contributed by atoms with Gasteiger partial charge in [-0.25, -0.2) is 0 Å². The molecule has 0 spiro atoms. The fraction of sp³-hybridized carbons (Fsp3) is 0.357. The number of carbonyl (C=O) groups excluding carboxylic acids is 1. The van der Waals surface area contributed by atoms with Gasteiger partial charge >= 0.3 is 5.97 Å². The zero-order valence-electron chi connectivity index (χ0n) is 21.1. The highest BCUT2D eigenvalue weighted by molar-refractivity contribution is 5.94. The molecule has 0 atom stereocenters. The van der Waals surface area contributed by atoms with Gasteiger partial charge in [0.2, 0.25) is 0 Å². The number of carbonyl (C=O) groups is 2. The van der Waals surface area contributed by atoms with Crippen molar-refractivity contribution < 1.29 is 26.6 Å². The van der Waals surface area contributed by atoms with Crippen molar-refractivity contribution in [2.45, 2.75) is 45.1 Å². The molecule has 1 aromatic heterocycles. The lowest BCUT2D eigenvalue weighted by atomic mass is 10.1. The molecule has 178 valence electrons. The molecular weight excluding hydrogens is 430 g/mol. The van der Waals surface area contributed by atoms with Crippen molar-refractivity contribution in [3.05, 3.63) is 78.1 Å². The standard InChI is InChI=1S/C28H31NO5/c30-27(31)10-2-1-5-17-33-26-8-4-3-7-24(26)20-29(19-21-11-12-21)28(32)23-15-13-22(14-16-23)25-9-6-18-34-25/h3-4,6-9,13-16,18,21H,1-2,5,10-12,17,19-20H2,(H,30,31)/i19D2. The molecule has 0 aliphatic heterocycles. The maximum atomic E-state index is 13.6. The largest absolute Gasteiger partial charge is 0.493 e. The first-order valence-electron chi connectivity index (χ1n) is 12.7. The molecule has 1 fully saturated rings. The van der Waals surface area contributed by atoms with Crippen LogP contribution in [0.15, 0.2) is 71.3 Å². The third-order valence-corrected chi connectivity index (χ3v) is 5.69. The Morgan fingerprint density at radius 3 is 2.53 bits per heavy atom. The molecule has 1 aliphatic rings. The summed E-state index contributed by atoms with van der Waals surface area (Å²) < 4.78 is 28.9. The third-order valence-electron chi connectivity index (χ3n) is 5.69. The first-order chi connectivity index (χ1) is 17.4. The number of amides is 1. The van der Waals surface area contributed by atoms with Gasteiger partial charge in [0, 0.05) is 38.9 Å². The van der Waals surface area contributed by atoms with E-state index < -0.39 is 12.5 Å². The van der Waals surface area contributed by atoms with Gasteiger partial charge in [0.05, 0.1) is 12.9 Å². The zero-order valence-corrected chi connectivity index (χ0v) is 19.1. The molecule has 1 N–H and O–H groups in total. The Labute approximate surface area is 203 Å². The highest BCUT2D eigenvalue weighted by Gasteiger charge is 2.28. The molecule has 2 aromatic carbocycles. The van der Waals surface area contributed by atoms with E-state index in [4.69, 9.17) is 17.0 Å². The van der Waals surface area contributed by atoms with Crippen LogP contribution in [0.5, 0.6) is 5.75 Å². The minimum absolute atomic E-state index is 0.0808. The van der Waals surface area contributed by atoms with Crippen LogP contribution < -0.4 is 4.74 Å². The van der Waals surface area contributed by atoms with Crippen LogP contribution in [0.1, 0.15) is 57.2 Å². The normalized spacial score (nSPS) is 14.2. The Bertz CT molecular complexity index is 1160. The van der Waals surface area contributed by atoms with Crippen molar-refractivity contribution in [3.8, 4) is 17.1 Å². The molecule has 34 heavy (non-hydrogen) atoms. The summed E-state index contributed by atoms with van der Waals surface area (Å²) in [6.07, 6.45) is 5.31. The smallest absolute Gasteiger partial charge is 0.303 e. The average Bonchev–Trinajstić information content (AvgIpc) is 3.60. The van der Waals surface area contributed by atoms with Gasteiger partial charge in [-0.15, -0.1) is 0 Å². The number of carboxylic acids is 1. The molecule has 1 amide bonds. The SMILES string of the molecule is [2H]C([2H])(C1CC1)N(Cc1ccccc1OCCCCCC(=O)O)C(=O)c1ccc(-c2ccco2)cc1. The number of para-hydroxylation sites is 1. The van der Waals surface area contributed by atoms with Crippen LogP contribution in [0.4, 0.5) is 0 Å². The lowest BCUT2D eigenvalue weighted by Crippen LogP contribution is -2.32. The summed E-state index contributed by atoms with van der Waals surface area (Å²) in [6.45, 7) is -1.29. The highest BCUT2D eigenvalue weighted by atomic mass is 16.5. The van der Waals surface area contributed by atoms with Crippen molar-refractivity contribution in [2.75, 3.05) is 13.1 Å². The molecule has 0 saturated heterocycles. The van der Waals surface area contributed by atoms with Gasteiger partial charge < -0.3 is 19.2 Å². The molecule has 0 radical (unpaired) electrons. The van der Waals surface area contributed by atoms with Crippen LogP contribution in [0.25, 0.3) is 11.3 Å². The van der Waals surface area contributed by atoms with Crippen LogP contribution in [0.3, 0.4) is 0 Å². The summed E-state index contributed by atoms with van der Waals surface area (Å²) in [6, 6.07) is 18.0. The lowest BCUT2D eigenvalue weighted by Gasteiger charge is -2.24. The van der Waals surface area contributed by atoms with Crippen LogP contribution >= 0.6 is 0 Å². The Kier molecular flexibility index (Phi) is 7.14. The number of hydrogen-bond acceptors (Lipinski definition) is 4. The number of carboxylic acid groups (broad SMARTS) is 1. The van der Waals surface area contributed by atoms with Crippen molar-refractivity contribution in [1.82, 2.24) is 4.90 Å². The van der Waals surface area contributed by atoms with Gasteiger partial charge in [-0.1, -0.05) is 30.3 Å². The van der Waals surface area contributed by atoms with Crippen LogP contribution in [-0.2, 0) is 11.3 Å². The van der Waals surface area contributed by atoms with E-state index in [-0.39, 0.29) is 24.8 Å². The molecular formula is C28H31NO5. The van der Waals surface area contributed by atoms with Crippen LogP contribution in [0.2, 0.25) is 0 Å². The number of furan rings is 1. The molecule has 1 aliphatic carbocycles. The zero-order chi connectivity index (χ0) is 25.5. The molecule has 1 heterocycles. The van der Waals surface area contributed by atoms with E-state index >= 15 is 0 Å². The fourth-order valence-corrected chi connectivity index (χ4v) is 3.67. The summed E-state index contributed by atoms with van der Waals surface area (Å²) in [5.74, 6) is -0.0550. The van der Waals surface area contributed by atoms with E-state index in [9.17, 15) is 9.59 Å². The lowest BCUT2D eigenvalue weighted by molar-refractivity contribution is -0.137. The maximum Gasteiger partial charge on any atom is 0.303 e. The number of benzene rings is 2. The molecule has 4 rings (SSSR count). The van der Waals surface area contributed by atoms with Gasteiger partial charge in [0.1, 0.15) is 11.5 Å². The van der Waals surface area contributed by atoms with Crippen molar-refractivity contribution in [3.63, 3.8) is 0 Å². The second-order valence-corrected chi connectivity index (χ2v) is 8.51. The predicted octanol–water partition coefficient (Wildman–Crippen LogP) is 6.02. The maximum absolute atomic E-state index is 13.6. The Hall–Kier alpha value is -3.54. The third kappa shape index (κ3) is 6.73. The van der Waals surface area contributed by atoms with Gasteiger partial charge in [-0.2, -0.15) is 0 Å². The van der Waals surface area contributed by atoms with E-state index in [2.05, 4.69) is 0 Å². The number of hydrogen-bond donors (Lipinski definition) is 1. The first kappa shape index (κ1) is 21.0. The Morgan fingerprint density at radius 1 is 1.03 bits per heavy atom. The average molecular weight is 464 g/mol. The minimum atomic E-state index is -1.79. The van der Waals surface area contributed by atoms with Gasteiger partial charge in [-0.3, -0.25) is 9.59 Å². The summed E-state index contributed by atoms with van der Waals surface area (Å²) in [5.41, 5.74) is 1.98. The fourth-order valence-electron chi connectivity index (χ4n) is 3.67. The summed E-state index contributed by atoms with van der Waals surface area (Å²) in [4.78, 5) is 25.6. The number of unbranched alkanes of at least 4 members (excludes halogenated alkanes) is 2. The number of aliphatic carboxylic acids is 1. The van der Waals surface area contributed by atoms with E-state index in [1.165, 1.54) is 4.90 Å². The van der Waals surface area contributed by atoms with Crippen molar-refractivity contribution >= 4 is 11.9 Å². The molecule has 1 saturated carbocycles. The monoisotopic (exact) mass is 463 g/mol.